The van der Waals surface area contributed by atoms with Crippen LogP contribution < -0.4 is 4.90 Å². The zero-order valence-electron chi connectivity index (χ0n) is 12.4. The van der Waals surface area contributed by atoms with Gasteiger partial charge in [0.2, 0.25) is 0 Å². The van der Waals surface area contributed by atoms with Crippen molar-refractivity contribution in [1.29, 1.82) is 0 Å². The first-order valence-corrected chi connectivity index (χ1v) is 7.08. The number of rotatable bonds is 2. The normalized spacial score (nSPS) is 19.4. The number of anilines is 1. The second-order valence-electron chi connectivity index (χ2n) is 6.35. The van der Waals surface area contributed by atoms with Crippen molar-refractivity contribution in [2.75, 3.05) is 11.4 Å². The van der Waals surface area contributed by atoms with Gasteiger partial charge in [-0.3, -0.25) is 0 Å². The third-order valence-corrected chi connectivity index (χ3v) is 3.79. The molecule has 3 heterocycles. The highest BCUT2D eigenvalue weighted by atomic mass is 16.4. The minimum absolute atomic E-state index is 0.190. The van der Waals surface area contributed by atoms with E-state index in [0.717, 1.165) is 17.5 Å². The van der Waals surface area contributed by atoms with Crippen molar-refractivity contribution in [3.8, 4) is 0 Å². The maximum Gasteiger partial charge on any atom is 0.326 e. The Kier molecular flexibility index (Phi) is 3.07. The van der Waals surface area contributed by atoms with Gasteiger partial charge in [0.1, 0.15) is 18.2 Å². The minimum atomic E-state index is -0.803. The molecule has 0 amide bonds. The van der Waals surface area contributed by atoms with Gasteiger partial charge >= 0.3 is 5.97 Å². The molecule has 2 aromatic heterocycles. The Bertz CT molecular complexity index is 688. The lowest BCUT2D eigenvalue weighted by Crippen LogP contribution is -2.36. The van der Waals surface area contributed by atoms with E-state index in [1.54, 1.807) is 6.20 Å². The molecule has 0 radical (unpaired) electrons. The van der Waals surface area contributed by atoms with E-state index in [1.165, 1.54) is 6.33 Å². The lowest BCUT2D eigenvalue weighted by atomic mass is 10.1. The second kappa shape index (κ2) is 4.68. The second-order valence-corrected chi connectivity index (χ2v) is 6.35. The van der Waals surface area contributed by atoms with E-state index in [2.05, 4.69) is 35.8 Å². The predicted octanol–water partition coefficient (Wildman–Crippen LogP) is 1.63. The maximum atomic E-state index is 11.4. The molecular formula is C14H19N5O2. The molecule has 1 aliphatic heterocycles. The third kappa shape index (κ3) is 2.22. The van der Waals surface area contributed by atoms with Gasteiger partial charge in [-0.2, -0.15) is 5.10 Å². The summed E-state index contributed by atoms with van der Waals surface area (Å²) < 4.78 is 1.85. The first-order chi connectivity index (χ1) is 9.89. The zero-order valence-corrected chi connectivity index (χ0v) is 12.4. The maximum absolute atomic E-state index is 11.4. The zero-order chi connectivity index (χ0) is 15.2. The number of hydrogen-bond acceptors (Lipinski definition) is 5. The molecule has 1 fully saturated rings. The van der Waals surface area contributed by atoms with Crippen molar-refractivity contribution >= 4 is 22.8 Å². The number of carboxylic acids is 1. The Morgan fingerprint density at radius 1 is 1.38 bits per heavy atom. The molecule has 1 atom stereocenters. The summed E-state index contributed by atoms with van der Waals surface area (Å²) in [5.41, 5.74) is 0.549. The van der Waals surface area contributed by atoms with Gasteiger partial charge in [-0.25, -0.2) is 19.4 Å². The first-order valence-electron chi connectivity index (χ1n) is 7.08. The molecule has 0 spiro atoms. The van der Waals surface area contributed by atoms with Crippen LogP contribution in [-0.4, -0.2) is 43.4 Å². The number of nitrogens with zero attached hydrogens (tertiary/aromatic N) is 5. The van der Waals surface area contributed by atoms with Gasteiger partial charge < -0.3 is 10.0 Å². The average Bonchev–Trinajstić information content (AvgIpc) is 3.04. The SMILES string of the molecule is CC(C)(C)n1ncc2c(N3CCCC3C(=O)O)ncnc21. The fourth-order valence-electron chi connectivity index (χ4n) is 2.83. The molecule has 7 nitrogen and oxygen atoms in total. The molecular weight excluding hydrogens is 270 g/mol. The molecule has 112 valence electrons. The van der Waals surface area contributed by atoms with E-state index in [0.29, 0.717) is 18.8 Å². The van der Waals surface area contributed by atoms with Gasteiger partial charge in [-0.15, -0.1) is 0 Å². The highest BCUT2D eigenvalue weighted by molar-refractivity contribution is 5.90. The number of carbonyl (C=O) groups is 1. The van der Waals surface area contributed by atoms with Gasteiger partial charge in [-0.1, -0.05) is 0 Å². The quantitative estimate of drug-likeness (QED) is 0.904. The molecule has 21 heavy (non-hydrogen) atoms. The fourth-order valence-corrected chi connectivity index (χ4v) is 2.83. The van der Waals surface area contributed by atoms with Gasteiger partial charge in [0.25, 0.3) is 0 Å². The highest BCUT2D eigenvalue weighted by Gasteiger charge is 2.33. The van der Waals surface area contributed by atoms with Crippen LogP contribution in [0.15, 0.2) is 12.5 Å². The van der Waals surface area contributed by atoms with Crippen molar-refractivity contribution in [1.82, 2.24) is 19.7 Å². The molecule has 1 N–H and O–H groups in total. The van der Waals surface area contributed by atoms with Crippen LogP contribution in [0.1, 0.15) is 33.6 Å². The minimum Gasteiger partial charge on any atom is -0.480 e. The number of aliphatic carboxylic acids is 1. The molecule has 3 rings (SSSR count). The fraction of sp³-hybridized carbons (Fsp3) is 0.571. The van der Waals surface area contributed by atoms with Crippen molar-refractivity contribution in [2.24, 2.45) is 0 Å². The highest BCUT2D eigenvalue weighted by Crippen LogP contribution is 2.31. The topological polar surface area (TPSA) is 84.1 Å². The van der Waals surface area contributed by atoms with E-state index >= 15 is 0 Å². The molecule has 1 unspecified atom stereocenters. The van der Waals surface area contributed by atoms with E-state index in [-0.39, 0.29) is 5.54 Å². The van der Waals surface area contributed by atoms with E-state index in [4.69, 9.17) is 0 Å². The molecule has 1 aliphatic rings. The Morgan fingerprint density at radius 2 is 2.14 bits per heavy atom. The lowest BCUT2D eigenvalue weighted by Gasteiger charge is -2.23. The summed E-state index contributed by atoms with van der Waals surface area (Å²) >= 11 is 0. The van der Waals surface area contributed by atoms with Crippen LogP contribution in [0.2, 0.25) is 0 Å². The molecule has 0 aromatic carbocycles. The average molecular weight is 289 g/mol. The monoisotopic (exact) mass is 289 g/mol. The number of carboxylic acid groups (broad SMARTS) is 1. The Labute approximate surface area is 122 Å². The molecule has 1 saturated heterocycles. The largest absolute Gasteiger partial charge is 0.480 e. The predicted molar refractivity (Wildman–Crippen MR) is 78.3 cm³/mol. The molecule has 2 aromatic rings. The van der Waals surface area contributed by atoms with Crippen LogP contribution in [-0.2, 0) is 10.3 Å². The van der Waals surface area contributed by atoms with Gasteiger partial charge in [0.15, 0.2) is 5.65 Å². The van der Waals surface area contributed by atoms with Crippen LogP contribution >= 0.6 is 0 Å². The van der Waals surface area contributed by atoms with Gasteiger partial charge in [0.05, 0.1) is 17.1 Å². The summed E-state index contributed by atoms with van der Waals surface area (Å²) in [5, 5.41) is 14.6. The van der Waals surface area contributed by atoms with Gasteiger partial charge in [-0.05, 0) is 33.6 Å². The third-order valence-electron chi connectivity index (χ3n) is 3.79. The van der Waals surface area contributed by atoms with Crippen LogP contribution in [0.5, 0.6) is 0 Å². The van der Waals surface area contributed by atoms with Crippen molar-refractivity contribution in [3.05, 3.63) is 12.5 Å². The summed E-state index contributed by atoms with van der Waals surface area (Å²) in [7, 11) is 0. The van der Waals surface area contributed by atoms with Crippen LogP contribution in [0.3, 0.4) is 0 Å². The smallest absolute Gasteiger partial charge is 0.326 e. The van der Waals surface area contributed by atoms with Crippen molar-refractivity contribution < 1.29 is 9.90 Å². The summed E-state index contributed by atoms with van der Waals surface area (Å²) in [4.78, 5) is 21.9. The first kappa shape index (κ1) is 13.8. The van der Waals surface area contributed by atoms with Crippen molar-refractivity contribution in [2.45, 2.75) is 45.2 Å². The summed E-state index contributed by atoms with van der Waals surface area (Å²) in [6.45, 7) is 6.86. The lowest BCUT2D eigenvalue weighted by molar-refractivity contribution is -0.138. The van der Waals surface area contributed by atoms with E-state index < -0.39 is 12.0 Å². The Hall–Kier alpha value is -2.18. The summed E-state index contributed by atoms with van der Waals surface area (Å²) in [6.07, 6.45) is 4.72. The van der Waals surface area contributed by atoms with Crippen molar-refractivity contribution in [3.63, 3.8) is 0 Å². The summed E-state index contributed by atoms with van der Waals surface area (Å²) in [6, 6.07) is -0.513. The molecule has 0 bridgehead atoms. The number of fused-ring (bicyclic) bond motifs is 1. The molecule has 0 aliphatic carbocycles. The number of hydrogen-bond donors (Lipinski definition) is 1. The number of aromatic nitrogens is 4. The summed E-state index contributed by atoms with van der Waals surface area (Å²) in [5.74, 6) is -0.136. The van der Waals surface area contributed by atoms with E-state index in [9.17, 15) is 9.90 Å². The van der Waals surface area contributed by atoms with Crippen LogP contribution in [0.25, 0.3) is 11.0 Å². The molecule has 7 heteroatoms. The van der Waals surface area contributed by atoms with Crippen LogP contribution in [0, 0.1) is 0 Å². The van der Waals surface area contributed by atoms with E-state index in [1.807, 2.05) is 9.58 Å². The van der Waals surface area contributed by atoms with Gasteiger partial charge in [0, 0.05) is 6.54 Å². The standard InChI is InChI=1S/C14H19N5O2/c1-14(2,3)19-12-9(7-17-19)11(15-8-16-12)18-6-4-5-10(18)13(20)21/h7-8,10H,4-6H2,1-3H3,(H,20,21). The Morgan fingerprint density at radius 3 is 2.81 bits per heavy atom. The Balaban J connectivity index is 2.12. The van der Waals surface area contributed by atoms with Crippen LogP contribution in [0.4, 0.5) is 5.82 Å². The molecule has 0 saturated carbocycles.